The predicted octanol–water partition coefficient (Wildman–Crippen LogP) is 5.43. The van der Waals surface area contributed by atoms with E-state index >= 15 is 0 Å². The highest BCUT2D eigenvalue weighted by atomic mass is 19.1. The molecule has 0 spiro atoms. The lowest BCUT2D eigenvalue weighted by atomic mass is 9.98. The number of pyridine rings is 1. The van der Waals surface area contributed by atoms with E-state index in [-0.39, 0.29) is 28.9 Å². The van der Waals surface area contributed by atoms with Crippen molar-refractivity contribution in [3.63, 3.8) is 0 Å². The van der Waals surface area contributed by atoms with E-state index < -0.39 is 0 Å². The van der Waals surface area contributed by atoms with Gasteiger partial charge in [-0.3, -0.25) is 9.69 Å². The van der Waals surface area contributed by atoms with Crippen molar-refractivity contribution < 1.29 is 4.39 Å². The molecule has 0 fully saturated rings. The number of H-pyrrole nitrogens is 1. The first-order valence-corrected chi connectivity index (χ1v) is 12.3. The first kappa shape index (κ1) is 25.7. The third kappa shape index (κ3) is 5.23. The Bertz CT molecular complexity index is 1410. The normalized spacial score (nSPS) is 13.2. The molecule has 2 aromatic carbocycles. The fourth-order valence-corrected chi connectivity index (χ4v) is 4.77. The number of nitrogens with zero attached hydrogens (tertiary/aromatic N) is 5. The fraction of sp³-hybridized carbons (Fsp3) is 0.429. The number of hydrogen-bond acceptors (Lipinski definition) is 5. The molecule has 0 amide bonds. The summed E-state index contributed by atoms with van der Waals surface area (Å²) in [5.41, 5.74) is 4.19. The zero-order chi connectivity index (χ0) is 26.2. The lowest BCUT2D eigenvalue weighted by molar-refractivity contribution is 0.119. The molecule has 0 saturated carbocycles. The number of hydrogen-bond donors (Lipinski definition) is 1. The summed E-state index contributed by atoms with van der Waals surface area (Å²) in [7, 11) is 0. The van der Waals surface area contributed by atoms with Crippen molar-refractivity contribution in [3.05, 3.63) is 86.7 Å². The van der Waals surface area contributed by atoms with Crippen LogP contribution >= 0.6 is 0 Å². The van der Waals surface area contributed by atoms with Gasteiger partial charge in [-0.2, -0.15) is 0 Å². The number of halogens is 1. The summed E-state index contributed by atoms with van der Waals surface area (Å²) < 4.78 is 15.5. The quantitative estimate of drug-likeness (QED) is 0.374. The molecule has 0 aliphatic heterocycles. The highest BCUT2D eigenvalue weighted by molar-refractivity contribution is 5.85. The Morgan fingerprint density at radius 3 is 2.33 bits per heavy atom. The number of tetrazole rings is 1. The van der Waals surface area contributed by atoms with Gasteiger partial charge in [0.25, 0.3) is 5.56 Å². The van der Waals surface area contributed by atoms with Crippen LogP contribution in [0.4, 0.5) is 4.39 Å². The van der Waals surface area contributed by atoms with E-state index in [1.54, 1.807) is 12.1 Å². The highest BCUT2D eigenvalue weighted by Gasteiger charge is 2.33. The summed E-state index contributed by atoms with van der Waals surface area (Å²) in [4.78, 5) is 18.6. The molecule has 2 heterocycles. The summed E-state index contributed by atoms with van der Waals surface area (Å²) in [6.45, 7) is 15.4. The van der Waals surface area contributed by atoms with E-state index in [0.29, 0.717) is 18.7 Å². The molecule has 0 saturated heterocycles. The van der Waals surface area contributed by atoms with Gasteiger partial charge < -0.3 is 4.98 Å². The maximum Gasteiger partial charge on any atom is 0.252 e. The van der Waals surface area contributed by atoms with Crippen molar-refractivity contribution in [2.45, 2.75) is 73.1 Å². The minimum Gasteiger partial charge on any atom is -0.321 e. The van der Waals surface area contributed by atoms with Crippen LogP contribution in [0.2, 0.25) is 0 Å². The second-order valence-electron chi connectivity index (χ2n) is 11.0. The van der Waals surface area contributed by atoms with Gasteiger partial charge in [0.05, 0.1) is 17.1 Å². The molecule has 0 aliphatic carbocycles. The molecular weight excluding hydrogens is 455 g/mol. The molecule has 1 unspecified atom stereocenters. The van der Waals surface area contributed by atoms with Crippen molar-refractivity contribution in [2.24, 2.45) is 5.92 Å². The Morgan fingerprint density at radius 2 is 1.69 bits per heavy atom. The van der Waals surface area contributed by atoms with Crippen LogP contribution in [0.3, 0.4) is 0 Å². The molecule has 4 aromatic rings. The molecule has 1 N–H and O–H groups in total. The molecule has 36 heavy (non-hydrogen) atoms. The van der Waals surface area contributed by atoms with Crippen LogP contribution in [-0.4, -0.2) is 30.1 Å². The minimum atomic E-state index is -0.317. The Kier molecular flexibility index (Phi) is 7.09. The number of benzene rings is 2. The third-order valence-electron chi connectivity index (χ3n) is 6.61. The monoisotopic (exact) mass is 490 g/mol. The van der Waals surface area contributed by atoms with E-state index in [0.717, 1.165) is 33.4 Å². The standard InChI is InChI=1S/C28H35FN6O/c1-17(2)25(26-31-32-33-35(26)28(5,6)7)34(15-20-10-12-22(29)13-11-20)16-21-14-23-18(3)8-9-19(4)24(23)30-27(21)36/h8-14,17,25H,15-16H2,1-7H3,(H,30,36). The summed E-state index contributed by atoms with van der Waals surface area (Å²) in [5.74, 6) is 0.601. The molecule has 0 bridgehead atoms. The number of aromatic nitrogens is 5. The molecular formula is C28H35FN6O. The van der Waals surface area contributed by atoms with Crippen LogP contribution in [0.15, 0.2) is 47.3 Å². The number of rotatable bonds is 7. The largest absolute Gasteiger partial charge is 0.321 e. The topological polar surface area (TPSA) is 79.7 Å². The van der Waals surface area contributed by atoms with E-state index in [1.165, 1.54) is 12.1 Å². The lowest BCUT2D eigenvalue weighted by Crippen LogP contribution is -2.37. The summed E-state index contributed by atoms with van der Waals surface area (Å²) in [6.07, 6.45) is 0. The van der Waals surface area contributed by atoms with Gasteiger partial charge in [-0.25, -0.2) is 9.07 Å². The molecule has 2 aromatic heterocycles. The Hall–Kier alpha value is -3.39. The molecule has 0 aliphatic rings. The van der Waals surface area contributed by atoms with Gasteiger partial charge in [0.1, 0.15) is 5.82 Å². The van der Waals surface area contributed by atoms with E-state index in [9.17, 15) is 9.18 Å². The van der Waals surface area contributed by atoms with Gasteiger partial charge >= 0.3 is 0 Å². The van der Waals surface area contributed by atoms with Crippen LogP contribution < -0.4 is 5.56 Å². The number of fused-ring (bicyclic) bond motifs is 1. The van der Waals surface area contributed by atoms with Crippen LogP contribution in [0.25, 0.3) is 10.9 Å². The fourth-order valence-electron chi connectivity index (χ4n) is 4.77. The first-order chi connectivity index (χ1) is 17.0. The van der Waals surface area contributed by atoms with Crippen molar-refractivity contribution in [1.82, 2.24) is 30.1 Å². The summed E-state index contributed by atoms with van der Waals surface area (Å²) in [6, 6.07) is 12.4. The average Bonchev–Trinajstić information content (AvgIpc) is 3.28. The average molecular weight is 491 g/mol. The Balaban J connectivity index is 1.84. The molecule has 1 atom stereocenters. The van der Waals surface area contributed by atoms with Gasteiger partial charge in [-0.1, -0.05) is 38.1 Å². The van der Waals surface area contributed by atoms with E-state index in [4.69, 9.17) is 0 Å². The van der Waals surface area contributed by atoms with Gasteiger partial charge in [-0.15, -0.1) is 5.10 Å². The lowest BCUT2D eigenvalue weighted by Gasteiger charge is -2.35. The third-order valence-corrected chi connectivity index (χ3v) is 6.61. The Morgan fingerprint density at radius 1 is 1.03 bits per heavy atom. The molecule has 8 heteroatoms. The summed E-state index contributed by atoms with van der Waals surface area (Å²) >= 11 is 0. The minimum absolute atomic E-state index is 0.113. The second kappa shape index (κ2) is 9.93. The Labute approximate surface area is 211 Å². The first-order valence-electron chi connectivity index (χ1n) is 12.3. The van der Waals surface area contributed by atoms with Crippen molar-refractivity contribution in [2.75, 3.05) is 0 Å². The van der Waals surface area contributed by atoms with Crippen molar-refractivity contribution in [1.29, 1.82) is 0 Å². The van der Waals surface area contributed by atoms with Crippen LogP contribution in [0, 0.1) is 25.6 Å². The summed E-state index contributed by atoms with van der Waals surface area (Å²) in [5, 5.41) is 13.8. The maximum atomic E-state index is 13.6. The number of nitrogens with one attached hydrogen (secondary N) is 1. The zero-order valence-electron chi connectivity index (χ0n) is 22.1. The van der Waals surface area contributed by atoms with Gasteiger partial charge in [0.2, 0.25) is 0 Å². The predicted molar refractivity (Wildman–Crippen MR) is 140 cm³/mol. The highest BCUT2D eigenvalue weighted by Crippen LogP contribution is 2.32. The SMILES string of the molecule is Cc1ccc(C)c2[nH]c(=O)c(CN(Cc3ccc(F)cc3)C(c3nnnn3C(C)(C)C)C(C)C)cc12. The number of aromatic amines is 1. The molecule has 7 nitrogen and oxygen atoms in total. The van der Waals surface area contributed by atoms with Crippen molar-refractivity contribution in [3.8, 4) is 0 Å². The van der Waals surface area contributed by atoms with Crippen LogP contribution in [0.1, 0.15) is 68.7 Å². The van der Waals surface area contributed by atoms with Crippen LogP contribution in [0.5, 0.6) is 0 Å². The van der Waals surface area contributed by atoms with Gasteiger partial charge in [0.15, 0.2) is 5.82 Å². The zero-order valence-corrected chi connectivity index (χ0v) is 22.1. The van der Waals surface area contributed by atoms with E-state index in [2.05, 4.69) is 73.0 Å². The van der Waals surface area contributed by atoms with Crippen LogP contribution in [-0.2, 0) is 18.6 Å². The van der Waals surface area contributed by atoms with E-state index in [1.807, 2.05) is 23.7 Å². The number of aryl methyl sites for hydroxylation is 2. The molecule has 190 valence electrons. The molecule has 4 rings (SSSR count). The van der Waals surface area contributed by atoms with Gasteiger partial charge in [0, 0.05) is 24.0 Å². The van der Waals surface area contributed by atoms with Gasteiger partial charge in [-0.05, 0) is 85.9 Å². The smallest absolute Gasteiger partial charge is 0.252 e. The molecule has 0 radical (unpaired) electrons. The maximum absolute atomic E-state index is 13.6. The second-order valence-corrected chi connectivity index (χ2v) is 11.0. The van der Waals surface area contributed by atoms with Crippen molar-refractivity contribution >= 4 is 10.9 Å².